The number of hydrogen-bond acceptors (Lipinski definition) is 4. The predicted molar refractivity (Wildman–Crippen MR) is 116 cm³/mol. The van der Waals surface area contributed by atoms with E-state index in [4.69, 9.17) is 0 Å². The first-order valence-corrected chi connectivity index (χ1v) is 11.3. The monoisotopic (exact) mass is 404 g/mol. The van der Waals surface area contributed by atoms with Crippen molar-refractivity contribution in [2.75, 3.05) is 12.0 Å². The van der Waals surface area contributed by atoms with Crippen molar-refractivity contribution < 1.29 is 9.59 Å². The Bertz CT molecular complexity index is 801. The number of hydrogen-bond donors (Lipinski definition) is 2. The number of aryl methyl sites for hydroxylation is 3. The molecule has 2 aromatic rings. The molecule has 0 aliphatic heterocycles. The summed E-state index contributed by atoms with van der Waals surface area (Å²) in [6.45, 7) is 8.07. The van der Waals surface area contributed by atoms with E-state index in [0.717, 1.165) is 16.9 Å². The summed E-state index contributed by atoms with van der Waals surface area (Å²) < 4.78 is 0. The third-order valence-corrected chi connectivity index (χ3v) is 6.04. The van der Waals surface area contributed by atoms with Gasteiger partial charge in [0.25, 0.3) is 5.91 Å². The van der Waals surface area contributed by atoms with Crippen molar-refractivity contribution in [1.82, 2.24) is 10.6 Å². The third kappa shape index (κ3) is 6.11. The molecule has 2 atom stereocenters. The van der Waals surface area contributed by atoms with Crippen molar-refractivity contribution in [1.29, 1.82) is 0 Å². The van der Waals surface area contributed by atoms with Gasteiger partial charge in [-0.2, -0.15) is 11.8 Å². The van der Waals surface area contributed by atoms with E-state index in [-0.39, 0.29) is 17.9 Å². The van der Waals surface area contributed by atoms with E-state index in [0.29, 0.717) is 12.0 Å². The molecule has 2 amide bonds. The smallest absolute Gasteiger partial charge is 0.251 e. The molecule has 0 fully saturated rings. The lowest BCUT2D eigenvalue weighted by atomic mass is 10.1. The first-order valence-electron chi connectivity index (χ1n) is 9.05. The number of carbonyl (C=O) groups excluding carboxylic acids is 2. The molecule has 0 bridgehead atoms. The van der Waals surface area contributed by atoms with Crippen LogP contribution < -0.4 is 10.6 Å². The molecule has 0 aliphatic carbocycles. The van der Waals surface area contributed by atoms with E-state index in [1.54, 1.807) is 29.2 Å². The maximum absolute atomic E-state index is 12.9. The lowest BCUT2D eigenvalue weighted by Gasteiger charge is -2.21. The van der Waals surface area contributed by atoms with Gasteiger partial charge >= 0.3 is 0 Å². The molecule has 1 aromatic heterocycles. The number of amides is 2. The Morgan fingerprint density at radius 3 is 2.48 bits per heavy atom. The van der Waals surface area contributed by atoms with Gasteiger partial charge in [0, 0.05) is 15.3 Å². The number of carbonyl (C=O) groups is 2. The highest BCUT2D eigenvalue weighted by molar-refractivity contribution is 7.98. The second-order valence-corrected chi connectivity index (χ2v) is 9.22. The van der Waals surface area contributed by atoms with Crippen LogP contribution in [0.5, 0.6) is 0 Å². The standard InChI is InChI=1S/C21H28N2O2S2/c1-13-7-6-8-17(11-13)20(24)23-19(9-10-26-5)21(25)22-15(3)18-12-14(2)27-16(18)4/h6-8,11-12,15,19H,9-10H2,1-5H3,(H,22,25)(H,23,24). The fourth-order valence-electron chi connectivity index (χ4n) is 3.00. The van der Waals surface area contributed by atoms with Gasteiger partial charge in [0.2, 0.25) is 5.91 Å². The summed E-state index contributed by atoms with van der Waals surface area (Å²) in [6.07, 6.45) is 2.59. The van der Waals surface area contributed by atoms with Crippen molar-refractivity contribution in [3.05, 3.63) is 56.8 Å². The molecule has 0 spiro atoms. The lowest BCUT2D eigenvalue weighted by Crippen LogP contribution is -2.47. The van der Waals surface area contributed by atoms with Gasteiger partial charge in [0.05, 0.1) is 6.04 Å². The van der Waals surface area contributed by atoms with E-state index in [9.17, 15) is 9.59 Å². The molecule has 0 radical (unpaired) electrons. The molecule has 1 aromatic carbocycles. The van der Waals surface area contributed by atoms with Gasteiger partial charge in [-0.15, -0.1) is 11.3 Å². The van der Waals surface area contributed by atoms with Crippen LogP contribution in [-0.2, 0) is 4.79 Å². The van der Waals surface area contributed by atoms with Gasteiger partial charge in [-0.3, -0.25) is 9.59 Å². The van der Waals surface area contributed by atoms with Crippen LogP contribution in [0.25, 0.3) is 0 Å². The molecular weight excluding hydrogens is 376 g/mol. The minimum Gasteiger partial charge on any atom is -0.348 e. The van der Waals surface area contributed by atoms with Crippen LogP contribution in [0.1, 0.15) is 50.6 Å². The van der Waals surface area contributed by atoms with E-state index >= 15 is 0 Å². The van der Waals surface area contributed by atoms with E-state index in [1.165, 1.54) is 9.75 Å². The van der Waals surface area contributed by atoms with E-state index in [1.807, 2.05) is 38.3 Å². The topological polar surface area (TPSA) is 58.2 Å². The molecule has 27 heavy (non-hydrogen) atoms. The first-order chi connectivity index (χ1) is 12.8. The van der Waals surface area contributed by atoms with Crippen LogP contribution >= 0.6 is 23.1 Å². The second-order valence-electron chi connectivity index (χ2n) is 6.78. The fraction of sp³-hybridized carbons (Fsp3) is 0.429. The predicted octanol–water partition coefficient (Wildman–Crippen LogP) is 4.40. The van der Waals surface area contributed by atoms with Crippen molar-refractivity contribution >= 4 is 34.9 Å². The number of thiophene rings is 1. The average molecular weight is 405 g/mol. The quantitative estimate of drug-likeness (QED) is 0.685. The van der Waals surface area contributed by atoms with Crippen LogP contribution in [0.3, 0.4) is 0 Å². The Morgan fingerprint density at radius 2 is 1.89 bits per heavy atom. The molecule has 0 saturated carbocycles. The number of benzene rings is 1. The Labute approximate surface area is 170 Å². The van der Waals surface area contributed by atoms with Crippen LogP contribution in [-0.4, -0.2) is 29.9 Å². The molecule has 4 nitrogen and oxygen atoms in total. The molecule has 2 unspecified atom stereocenters. The van der Waals surface area contributed by atoms with Gasteiger partial charge in [-0.05, 0) is 69.9 Å². The maximum Gasteiger partial charge on any atom is 0.251 e. The number of nitrogens with one attached hydrogen (secondary N) is 2. The van der Waals surface area contributed by atoms with Crippen LogP contribution in [0.2, 0.25) is 0 Å². The largest absolute Gasteiger partial charge is 0.348 e. The van der Waals surface area contributed by atoms with Crippen LogP contribution in [0.4, 0.5) is 0 Å². The summed E-state index contributed by atoms with van der Waals surface area (Å²) in [5.74, 6) is 0.452. The van der Waals surface area contributed by atoms with E-state index < -0.39 is 6.04 Å². The Balaban J connectivity index is 2.08. The third-order valence-electron chi connectivity index (χ3n) is 4.42. The SMILES string of the molecule is CSCCC(NC(=O)c1cccc(C)c1)C(=O)NC(C)c1cc(C)sc1C. The highest BCUT2D eigenvalue weighted by Crippen LogP contribution is 2.26. The number of rotatable bonds is 8. The average Bonchev–Trinajstić information content (AvgIpc) is 2.96. The molecular formula is C21H28N2O2S2. The van der Waals surface area contributed by atoms with E-state index in [2.05, 4.69) is 30.5 Å². The summed E-state index contributed by atoms with van der Waals surface area (Å²) in [6, 6.07) is 8.88. The highest BCUT2D eigenvalue weighted by atomic mass is 32.2. The molecule has 1 heterocycles. The summed E-state index contributed by atoms with van der Waals surface area (Å²) in [5, 5.41) is 5.98. The fourth-order valence-corrected chi connectivity index (χ4v) is 4.50. The summed E-state index contributed by atoms with van der Waals surface area (Å²) in [7, 11) is 0. The van der Waals surface area contributed by atoms with Gasteiger partial charge in [0.15, 0.2) is 0 Å². The number of thioether (sulfide) groups is 1. The van der Waals surface area contributed by atoms with Gasteiger partial charge in [-0.25, -0.2) is 0 Å². The minimum absolute atomic E-state index is 0.0879. The maximum atomic E-state index is 12.9. The second kappa shape index (κ2) is 9.95. The molecule has 2 N–H and O–H groups in total. The Hall–Kier alpha value is -1.79. The zero-order valence-corrected chi connectivity index (χ0v) is 18.2. The Morgan fingerprint density at radius 1 is 1.15 bits per heavy atom. The molecule has 146 valence electrons. The van der Waals surface area contributed by atoms with Gasteiger partial charge < -0.3 is 10.6 Å². The summed E-state index contributed by atoms with van der Waals surface area (Å²) in [5.41, 5.74) is 2.73. The molecule has 0 aliphatic rings. The van der Waals surface area contributed by atoms with Crippen LogP contribution in [0.15, 0.2) is 30.3 Å². The molecule has 6 heteroatoms. The summed E-state index contributed by atoms with van der Waals surface area (Å²) in [4.78, 5) is 27.9. The molecule has 2 rings (SSSR count). The highest BCUT2D eigenvalue weighted by Gasteiger charge is 2.23. The van der Waals surface area contributed by atoms with Crippen molar-refractivity contribution in [3.8, 4) is 0 Å². The first kappa shape index (κ1) is 21.5. The van der Waals surface area contributed by atoms with Gasteiger partial charge in [-0.1, -0.05) is 17.7 Å². The van der Waals surface area contributed by atoms with Gasteiger partial charge in [0.1, 0.15) is 6.04 Å². The zero-order chi connectivity index (χ0) is 20.0. The van der Waals surface area contributed by atoms with Crippen LogP contribution in [0, 0.1) is 20.8 Å². The van der Waals surface area contributed by atoms with Crippen molar-refractivity contribution in [2.45, 2.75) is 46.2 Å². The van der Waals surface area contributed by atoms with Crippen molar-refractivity contribution in [2.24, 2.45) is 0 Å². The zero-order valence-electron chi connectivity index (χ0n) is 16.6. The normalized spacial score (nSPS) is 13.1. The van der Waals surface area contributed by atoms with Crippen molar-refractivity contribution in [3.63, 3.8) is 0 Å². The Kier molecular flexibility index (Phi) is 7.92. The summed E-state index contributed by atoms with van der Waals surface area (Å²) >= 11 is 3.40. The molecule has 0 saturated heterocycles. The lowest BCUT2D eigenvalue weighted by molar-refractivity contribution is -0.123. The minimum atomic E-state index is -0.548.